The highest BCUT2D eigenvalue weighted by Gasteiger charge is 2.23. The highest BCUT2D eigenvalue weighted by molar-refractivity contribution is 7.92. The molecule has 0 spiro atoms. The van der Waals surface area contributed by atoms with E-state index in [2.05, 4.69) is 20.3 Å². The molecular formula is C30H36N4O7S. The molecule has 11 nitrogen and oxygen atoms in total. The second kappa shape index (κ2) is 13.7. The highest BCUT2D eigenvalue weighted by Crippen LogP contribution is 2.28. The number of carboxylic acids is 1. The number of rotatable bonds is 12. The number of benzene rings is 3. The summed E-state index contributed by atoms with van der Waals surface area (Å²) in [7, 11) is -3.58. The van der Waals surface area contributed by atoms with Crippen LogP contribution in [0.2, 0.25) is 0 Å². The van der Waals surface area contributed by atoms with Crippen molar-refractivity contribution < 1.29 is 33.3 Å². The predicted molar refractivity (Wildman–Crippen MR) is 160 cm³/mol. The Labute approximate surface area is 245 Å². The van der Waals surface area contributed by atoms with Crippen molar-refractivity contribution >= 4 is 33.3 Å². The summed E-state index contributed by atoms with van der Waals surface area (Å²) in [6, 6.07) is 19.7. The number of nitrogens with one attached hydrogen (secondary N) is 3. The van der Waals surface area contributed by atoms with Gasteiger partial charge in [-0.15, -0.1) is 0 Å². The molecule has 4 rings (SSSR count). The summed E-state index contributed by atoms with van der Waals surface area (Å²) in [4.78, 5) is 26.7. The Morgan fingerprint density at radius 2 is 1.67 bits per heavy atom. The Balaban J connectivity index is 1.25. The van der Waals surface area contributed by atoms with Crippen molar-refractivity contribution in [3.63, 3.8) is 0 Å². The predicted octanol–water partition coefficient (Wildman–Crippen LogP) is 2.48. The fraction of sp³-hybridized carbons (Fsp3) is 0.333. The minimum atomic E-state index is -3.58. The number of carbonyl (C=O) groups excluding carboxylic acids is 1. The smallest absolute Gasteiger partial charge is 0.326 e. The third kappa shape index (κ3) is 8.68. The average molecular weight is 597 g/mol. The molecule has 224 valence electrons. The van der Waals surface area contributed by atoms with E-state index in [1.807, 2.05) is 42.5 Å². The number of carbonyl (C=O) groups is 2. The number of hydrogen-bond acceptors (Lipinski definition) is 8. The van der Waals surface area contributed by atoms with Crippen LogP contribution in [0.4, 0.5) is 11.4 Å². The van der Waals surface area contributed by atoms with Gasteiger partial charge in [0.25, 0.3) is 5.91 Å². The van der Waals surface area contributed by atoms with E-state index in [0.29, 0.717) is 11.1 Å². The van der Waals surface area contributed by atoms with E-state index >= 15 is 0 Å². The average Bonchev–Trinajstić information content (AvgIpc) is 2.97. The van der Waals surface area contributed by atoms with Gasteiger partial charge < -0.3 is 30.9 Å². The van der Waals surface area contributed by atoms with Gasteiger partial charge in [-0.25, -0.2) is 13.2 Å². The van der Waals surface area contributed by atoms with Crippen molar-refractivity contribution in [3.8, 4) is 5.75 Å². The van der Waals surface area contributed by atoms with Crippen LogP contribution in [-0.4, -0.2) is 73.6 Å². The van der Waals surface area contributed by atoms with Crippen molar-refractivity contribution in [1.29, 1.82) is 0 Å². The molecule has 3 aromatic rings. The maximum Gasteiger partial charge on any atom is 0.326 e. The van der Waals surface area contributed by atoms with Crippen LogP contribution in [0.1, 0.15) is 40.4 Å². The molecule has 3 aromatic carbocycles. The molecule has 1 heterocycles. The maximum atomic E-state index is 12.7. The first-order chi connectivity index (χ1) is 20.0. The number of amides is 1. The van der Waals surface area contributed by atoms with Crippen molar-refractivity contribution in [2.75, 3.05) is 35.5 Å². The van der Waals surface area contributed by atoms with Crippen LogP contribution in [0.3, 0.4) is 0 Å². The summed E-state index contributed by atoms with van der Waals surface area (Å²) >= 11 is 0. The van der Waals surface area contributed by atoms with E-state index < -0.39 is 34.0 Å². The molecule has 1 aliphatic rings. The molecule has 2 atom stereocenters. The number of aliphatic hydroxyl groups excluding tert-OH is 1. The number of carboxylic acid groups (broad SMARTS) is 1. The Bertz CT molecular complexity index is 1480. The molecule has 1 saturated heterocycles. The zero-order valence-electron chi connectivity index (χ0n) is 23.2. The van der Waals surface area contributed by atoms with Gasteiger partial charge in [-0.3, -0.25) is 9.52 Å². The van der Waals surface area contributed by atoms with Gasteiger partial charge in [-0.2, -0.15) is 0 Å². The largest absolute Gasteiger partial charge is 0.506 e. The lowest BCUT2D eigenvalue weighted by atomic mass is 10.0. The summed E-state index contributed by atoms with van der Waals surface area (Å²) < 4.78 is 25.3. The standard InChI is InChI=1S/C30H36N4O7S/c1-42(40,41)33-25-18-22(9-12-27(25)35)28(36)19-31-23-13-15-34(16-14-23)24-10-7-21(8-11-24)29(37)32-26(30(38)39)17-20-5-3-2-4-6-20/h2-12,18,23,26,28,31,33,35-36H,13-17,19H2,1H3,(H,32,37)(H,38,39)/t26-,28?/m0/s1. The minimum absolute atomic E-state index is 0.0137. The van der Waals surface area contributed by atoms with Crippen LogP contribution in [0.15, 0.2) is 72.8 Å². The van der Waals surface area contributed by atoms with E-state index in [9.17, 15) is 33.3 Å². The van der Waals surface area contributed by atoms with Crippen molar-refractivity contribution in [2.24, 2.45) is 0 Å². The summed E-state index contributed by atoms with van der Waals surface area (Å²) in [5.41, 5.74) is 2.65. The van der Waals surface area contributed by atoms with E-state index in [1.165, 1.54) is 12.1 Å². The summed E-state index contributed by atoms with van der Waals surface area (Å²) in [5.74, 6) is -1.76. The van der Waals surface area contributed by atoms with Crippen LogP contribution >= 0.6 is 0 Å². The van der Waals surface area contributed by atoms with E-state index in [1.54, 1.807) is 18.2 Å². The Morgan fingerprint density at radius 1 is 1.00 bits per heavy atom. The number of nitrogens with zero attached hydrogens (tertiary/aromatic N) is 1. The van der Waals surface area contributed by atoms with Crippen molar-refractivity contribution in [1.82, 2.24) is 10.6 Å². The fourth-order valence-corrected chi connectivity index (χ4v) is 5.46. The minimum Gasteiger partial charge on any atom is -0.506 e. The van der Waals surface area contributed by atoms with Crippen LogP contribution in [0, 0.1) is 0 Å². The lowest BCUT2D eigenvalue weighted by molar-refractivity contribution is -0.139. The van der Waals surface area contributed by atoms with E-state index in [-0.39, 0.29) is 30.4 Å². The second-order valence-corrected chi connectivity index (χ2v) is 12.2. The molecule has 12 heteroatoms. The summed E-state index contributed by atoms with van der Waals surface area (Å²) in [6.45, 7) is 1.79. The van der Waals surface area contributed by atoms with Crippen LogP contribution in [-0.2, 0) is 21.2 Å². The molecule has 1 unspecified atom stereocenters. The number of piperidine rings is 1. The van der Waals surface area contributed by atoms with E-state index in [0.717, 1.165) is 43.4 Å². The number of aromatic hydroxyl groups is 1. The van der Waals surface area contributed by atoms with Crippen LogP contribution in [0.25, 0.3) is 0 Å². The number of aliphatic carboxylic acids is 1. The van der Waals surface area contributed by atoms with Gasteiger partial charge in [0.05, 0.1) is 18.0 Å². The second-order valence-electron chi connectivity index (χ2n) is 10.4. The Kier molecular flexibility index (Phi) is 10.0. The van der Waals surface area contributed by atoms with Gasteiger partial charge >= 0.3 is 5.97 Å². The molecule has 0 saturated carbocycles. The normalized spacial score (nSPS) is 15.5. The van der Waals surface area contributed by atoms with Gasteiger partial charge in [0.2, 0.25) is 10.0 Å². The van der Waals surface area contributed by atoms with Gasteiger partial charge in [0.1, 0.15) is 11.8 Å². The molecule has 1 fully saturated rings. The lowest BCUT2D eigenvalue weighted by Crippen LogP contribution is -2.43. The molecule has 0 aliphatic carbocycles. The molecule has 0 radical (unpaired) electrons. The maximum absolute atomic E-state index is 12.7. The number of hydrogen-bond donors (Lipinski definition) is 6. The number of anilines is 2. The molecule has 1 aliphatic heterocycles. The molecule has 0 aromatic heterocycles. The third-order valence-electron chi connectivity index (χ3n) is 7.18. The zero-order chi connectivity index (χ0) is 30.3. The first kappa shape index (κ1) is 30.8. The highest BCUT2D eigenvalue weighted by atomic mass is 32.2. The monoisotopic (exact) mass is 596 g/mol. The SMILES string of the molecule is CS(=O)(=O)Nc1cc(C(O)CNC2CCN(c3ccc(C(=O)N[C@@H](Cc4ccccc4)C(=O)O)cc3)CC2)ccc1O. The quantitative estimate of drug-likeness (QED) is 0.172. The Morgan fingerprint density at radius 3 is 2.29 bits per heavy atom. The topological polar surface area (TPSA) is 168 Å². The number of phenols is 1. The number of phenolic OH excluding ortho intramolecular Hbond substituents is 1. The van der Waals surface area contributed by atoms with Crippen LogP contribution in [0.5, 0.6) is 5.75 Å². The first-order valence-corrected chi connectivity index (χ1v) is 15.5. The Hall–Kier alpha value is -4.13. The van der Waals surface area contributed by atoms with Gasteiger partial charge in [-0.1, -0.05) is 36.4 Å². The van der Waals surface area contributed by atoms with Gasteiger partial charge in [0.15, 0.2) is 0 Å². The molecule has 1 amide bonds. The van der Waals surface area contributed by atoms with E-state index in [4.69, 9.17) is 0 Å². The molecule has 6 N–H and O–H groups in total. The van der Waals surface area contributed by atoms with Crippen molar-refractivity contribution in [2.45, 2.75) is 37.5 Å². The van der Waals surface area contributed by atoms with Crippen LogP contribution < -0.4 is 20.3 Å². The number of aliphatic hydroxyl groups is 1. The molecular weight excluding hydrogens is 560 g/mol. The zero-order valence-corrected chi connectivity index (χ0v) is 24.0. The van der Waals surface area contributed by atoms with Crippen molar-refractivity contribution in [3.05, 3.63) is 89.5 Å². The molecule has 42 heavy (non-hydrogen) atoms. The lowest BCUT2D eigenvalue weighted by Gasteiger charge is -2.34. The third-order valence-corrected chi connectivity index (χ3v) is 7.77. The number of sulfonamides is 1. The summed E-state index contributed by atoms with van der Waals surface area (Å²) in [6.07, 6.45) is 1.93. The molecule has 0 bridgehead atoms. The fourth-order valence-electron chi connectivity index (χ4n) is 4.90. The van der Waals surface area contributed by atoms with Gasteiger partial charge in [0, 0.05) is 43.3 Å². The first-order valence-electron chi connectivity index (χ1n) is 13.6. The van der Waals surface area contributed by atoms with Gasteiger partial charge in [-0.05, 0) is 60.4 Å². The summed E-state index contributed by atoms with van der Waals surface area (Å²) in [5, 5.41) is 36.1.